The highest BCUT2D eigenvalue weighted by atomic mass is 16.5. The van der Waals surface area contributed by atoms with Gasteiger partial charge in [-0.05, 0) is 55.5 Å². The smallest absolute Gasteiger partial charge is 0.271 e. The second-order valence-electron chi connectivity index (χ2n) is 7.96. The van der Waals surface area contributed by atoms with Gasteiger partial charge in [0, 0.05) is 44.0 Å². The maximum atomic E-state index is 12.3. The minimum atomic E-state index is -0.133. The lowest BCUT2D eigenvalue weighted by molar-refractivity contribution is 0.0954. The number of nitrogens with one attached hydrogen (secondary N) is 1. The molecule has 4 rings (SSSR count). The van der Waals surface area contributed by atoms with E-state index in [0.717, 1.165) is 62.7 Å². The molecule has 6 heteroatoms. The van der Waals surface area contributed by atoms with E-state index in [0.29, 0.717) is 5.56 Å². The van der Waals surface area contributed by atoms with Crippen molar-refractivity contribution in [3.05, 3.63) is 59.7 Å². The van der Waals surface area contributed by atoms with Crippen LogP contribution in [0.15, 0.2) is 53.6 Å². The Kier molecular flexibility index (Phi) is 6.64. The van der Waals surface area contributed by atoms with Crippen LogP contribution in [0.4, 0.5) is 5.69 Å². The molecule has 2 aromatic carbocycles. The molecule has 1 aliphatic heterocycles. The fourth-order valence-corrected chi connectivity index (χ4v) is 4.15. The highest BCUT2D eigenvalue weighted by Crippen LogP contribution is 2.28. The van der Waals surface area contributed by atoms with Crippen LogP contribution in [-0.2, 0) is 6.54 Å². The molecule has 0 spiro atoms. The van der Waals surface area contributed by atoms with Gasteiger partial charge in [0.1, 0.15) is 5.75 Å². The normalized spacial score (nSPS) is 17.1. The standard InChI is InChI=1S/C24H30N4O2/c1-30-23-9-5-4-8-22(23)28-16-14-27(15-17-28)18-19-10-12-20(13-11-19)24(29)26-25-21-6-2-3-7-21/h4-5,8-13H,2-3,6-7,14-18H2,1H3,(H,26,29). The van der Waals surface area contributed by atoms with Crippen LogP contribution in [0.1, 0.15) is 41.6 Å². The van der Waals surface area contributed by atoms with E-state index in [1.807, 2.05) is 36.4 Å². The fourth-order valence-electron chi connectivity index (χ4n) is 4.15. The number of methoxy groups -OCH3 is 1. The van der Waals surface area contributed by atoms with E-state index in [9.17, 15) is 4.79 Å². The number of anilines is 1. The predicted molar refractivity (Wildman–Crippen MR) is 120 cm³/mol. The van der Waals surface area contributed by atoms with Crippen LogP contribution in [0.2, 0.25) is 0 Å². The molecule has 1 heterocycles. The minimum Gasteiger partial charge on any atom is -0.495 e. The summed E-state index contributed by atoms with van der Waals surface area (Å²) in [6.45, 7) is 4.84. The van der Waals surface area contributed by atoms with Gasteiger partial charge in [0.05, 0.1) is 12.8 Å². The number of carbonyl (C=O) groups excluding carboxylic acids is 1. The molecule has 0 unspecified atom stereocenters. The Labute approximate surface area is 178 Å². The first-order chi connectivity index (χ1) is 14.7. The van der Waals surface area contributed by atoms with Gasteiger partial charge in [-0.2, -0.15) is 5.10 Å². The summed E-state index contributed by atoms with van der Waals surface area (Å²) in [5.74, 6) is 0.796. The van der Waals surface area contributed by atoms with E-state index in [1.54, 1.807) is 7.11 Å². The highest BCUT2D eigenvalue weighted by molar-refractivity contribution is 5.95. The third-order valence-corrected chi connectivity index (χ3v) is 5.92. The summed E-state index contributed by atoms with van der Waals surface area (Å²) < 4.78 is 5.50. The minimum absolute atomic E-state index is 0.133. The number of benzene rings is 2. The van der Waals surface area contributed by atoms with Gasteiger partial charge in [-0.1, -0.05) is 24.3 Å². The van der Waals surface area contributed by atoms with Gasteiger partial charge in [-0.3, -0.25) is 9.69 Å². The summed E-state index contributed by atoms with van der Waals surface area (Å²) in [6.07, 6.45) is 4.36. The summed E-state index contributed by atoms with van der Waals surface area (Å²) in [5.41, 5.74) is 6.84. The van der Waals surface area contributed by atoms with E-state index in [4.69, 9.17) is 4.74 Å². The quantitative estimate of drug-likeness (QED) is 0.744. The van der Waals surface area contributed by atoms with Gasteiger partial charge >= 0.3 is 0 Å². The topological polar surface area (TPSA) is 57.2 Å². The maximum absolute atomic E-state index is 12.3. The van der Waals surface area contributed by atoms with Crippen LogP contribution in [-0.4, -0.2) is 49.8 Å². The third-order valence-electron chi connectivity index (χ3n) is 5.92. The van der Waals surface area contributed by atoms with Crippen molar-refractivity contribution >= 4 is 17.3 Å². The molecule has 30 heavy (non-hydrogen) atoms. The number of carbonyl (C=O) groups is 1. The van der Waals surface area contributed by atoms with Crippen LogP contribution < -0.4 is 15.1 Å². The van der Waals surface area contributed by atoms with Crippen molar-refractivity contribution in [2.24, 2.45) is 5.10 Å². The molecule has 158 valence electrons. The monoisotopic (exact) mass is 406 g/mol. The van der Waals surface area contributed by atoms with Crippen molar-refractivity contribution in [2.75, 3.05) is 38.2 Å². The zero-order valence-electron chi connectivity index (χ0n) is 17.6. The number of amides is 1. The zero-order valence-corrected chi connectivity index (χ0v) is 17.6. The molecular weight excluding hydrogens is 376 g/mol. The van der Waals surface area contributed by atoms with Crippen LogP contribution in [0.5, 0.6) is 5.75 Å². The number of hydrogen-bond donors (Lipinski definition) is 1. The van der Waals surface area contributed by atoms with Crippen molar-refractivity contribution in [1.29, 1.82) is 0 Å². The number of rotatable bonds is 6. The van der Waals surface area contributed by atoms with Crippen molar-refractivity contribution in [2.45, 2.75) is 32.2 Å². The van der Waals surface area contributed by atoms with Crippen molar-refractivity contribution < 1.29 is 9.53 Å². The molecule has 2 aliphatic rings. The highest BCUT2D eigenvalue weighted by Gasteiger charge is 2.19. The molecule has 1 saturated heterocycles. The molecule has 1 saturated carbocycles. The van der Waals surface area contributed by atoms with Crippen molar-refractivity contribution in [1.82, 2.24) is 10.3 Å². The summed E-state index contributed by atoms with van der Waals surface area (Å²) in [6, 6.07) is 16.1. The molecule has 0 atom stereocenters. The molecule has 6 nitrogen and oxygen atoms in total. The SMILES string of the molecule is COc1ccccc1N1CCN(Cc2ccc(C(=O)NN=C3CCCC3)cc2)CC1. The largest absolute Gasteiger partial charge is 0.495 e. The van der Waals surface area contributed by atoms with Crippen LogP contribution in [0.25, 0.3) is 0 Å². The molecule has 0 radical (unpaired) electrons. The lowest BCUT2D eigenvalue weighted by atomic mass is 10.1. The summed E-state index contributed by atoms with van der Waals surface area (Å²) in [5, 5.41) is 4.26. The first-order valence-corrected chi connectivity index (χ1v) is 10.8. The average molecular weight is 407 g/mol. The predicted octanol–water partition coefficient (Wildman–Crippen LogP) is 3.68. The number of hydrogen-bond acceptors (Lipinski definition) is 5. The Morgan fingerprint density at radius 1 is 1.00 bits per heavy atom. The molecule has 1 aliphatic carbocycles. The molecule has 0 aromatic heterocycles. The number of ether oxygens (including phenoxy) is 1. The molecule has 1 N–H and O–H groups in total. The van der Waals surface area contributed by atoms with Crippen LogP contribution in [0, 0.1) is 0 Å². The Morgan fingerprint density at radius 3 is 2.40 bits per heavy atom. The van der Waals surface area contributed by atoms with E-state index < -0.39 is 0 Å². The molecule has 2 aromatic rings. The second kappa shape index (κ2) is 9.76. The van der Waals surface area contributed by atoms with Crippen LogP contribution in [0.3, 0.4) is 0 Å². The first-order valence-electron chi connectivity index (χ1n) is 10.8. The molecule has 2 fully saturated rings. The zero-order chi connectivity index (χ0) is 20.8. The Morgan fingerprint density at radius 2 is 1.70 bits per heavy atom. The average Bonchev–Trinajstić information content (AvgIpc) is 3.32. The molecule has 1 amide bonds. The van der Waals surface area contributed by atoms with E-state index in [-0.39, 0.29) is 5.91 Å². The molecule has 0 bridgehead atoms. The fraction of sp³-hybridized carbons (Fsp3) is 0.417. The lowest BCUT2D eigenvalue weighted by Crippen LogP contribution is -2.46. The van der Waals surface area contributed by atoms with Crippen LogP contribution >= 0.6 is 0 Å². The Bertz CT molecular complexity index is 878. The van der Waals surface area contributed by atoms with Gasteiger partial charge in [-0.15, -0.1) is 0 Å². The van der Waals surface area contributed by atoms with Gasteiger partial charge in [0.25, 0.3) is 5.91 Å². The Balaban J connectivity index is 1.28. The van der Waals surface area contributed by atoms with Gasteiger partial charge in [0.2, 0.25) is 0 Å². The Hall–Kier alpha value is -2.86. The first kappa shape index (κ1) is 20.4. The maximum Gasteiger partial charge on any atom is 0.271 e. The van der Waals surface area contributed by atoms with Gasteiger partial charge in [-0.25, -0.2) is 5.43 Å². The van der Waals surface area contributed by atoms with Crippen molar-refractivity contribution in [3.63, 3.8) is 0 Å². The summed E-state index contributed by atoms with van der Waals surface area (Å²) in [7, 11) is 1.72. The number of nitrogens with zero attached hydrogens (tertiary/aromatic N) is 3. The van der Waals surface area contributed by atoms with Gasteiger partial charge in [0.15, 0.2) is 0 Å². The van der Waals surface area contributed by atoms with E-state index in [1.165, 1.54) is 18.4 Å². The number of hydrazone groups is 1. The molecular formula is C24H30N4O2. The summed E-state index contributed by atoms with van der Waals surface area (Å²) >= 11 is 0. The third kappa shape index (κ3) is 5.00. The van der Waals surface area contributed by atoms with E-state index >= 15 is 0 Å². The number of para-hydroxylation sites is 2. The number of piperazine rings is 1. The summed E-state index contributed by atoms with van der Waals surface area (Å²) in [4.78, 5) is 17.1. The van der Waals surface area contributed by atoms with Crippen molar-refractivity contribution in [3.8, 4) is 5.75 Å². The van der Waals surface area contributed by atoms with E-state index in [2.05, 4.69) is 32.5 Å². The van der Waals surface area contributed by atoms with Gasteiger partial charge < -0.3 is 9.64 Å². The lowest BCUT2D eigenvalue weighted by Gasteiger charge is -2.36. The second-order valence-corrected chi connectivity index (χ2v) is 7.96.